The van der Waals surface area contributed by atoms with Crippen LogP contribution < -0.4 is 4.90 Å². The van der Waals surface area contributed by atoms with Gasteiger partial charge in [0.05, 0.1) is 11.1 Å². The van der Waals surface area contributed by atoms with Crippen molar-refractivity contribution in [3.8, 4) is 22.3 Å². The fourth-order valence-electron chi connectivity index (χ4n) is 8.89. The molecule has 1 spiro atoms. The highest BCUT2D eigenvalue weighted by Crippen LogP contribution is 2.65. The van der Waals surface area contributed by atoms with Gasteiger partial charge >= 0.3 is 0 Å². The second kappa shape index (κ2) is 10.0. The summed E-state index contributed by atoms with van der Waals surface area (Å²) in [6.45, 7) is 4.41. The van der Waals surface area contributed by atoms with E-state index in [1.807, 2.05) is 0 Å². The molecular weight excluding hydrogens is 579 g/mol. The van der Waals surface area contributed by atoms with Gasteiger partial charge in [-0.1, -0.05) is 133 Å². The SMILES string of the molecule is Cc1ccc(N(c2ccccc2)c2cc3c(c4ccccc24)-c2cc4ccccc4cc2C32c3ccccc3-c3ccccc32)c(C)c1. The molecule has 0 N–H and O–H groups in total. The molecule has 0 aromatic heterocycles. The average Bonchev–Trinajstić information content (AvgIpc) is 3.59. The fraction of sp³-hybridized carbons (Fsp3) is 0.0638. The minimum Gasteiger partial charge on any atom is -0.310 e. The van der Waals surface area contributed by atoms with Gasteiger partial charge in [-0.25, -0.2) is 0 Å². The average molecular weight is 612 g/mol. The normalized spacial score (nSPS) is 13.4. The van der Waals surface area contributed by atoms with Crippen molar-refractivity contribution in [1.29, 1.82) is 0 Å². The van der Waals surface area contributed by atoms with E-state index in [1.165, 1.54) is 88.6 Å². The Labute approximate surface area is 281 Å². The molecule has 0 atom stereocenters. The van der Waals surface area contributed by atoms with Crippen LogP contribution in [0.15, 0.2) is 164 Å². The second-order valence-corrected chi connectivity index (χ2v) is 13.4. The summed E-state index contributed by atoms with van der Waals surface area (Å²) < 4.78 is 0. The number of rotatable bonds is 3. The number of benzene rings is 8. The lowest BCUT2D eigenvalue weighted by Gasteiger charge is -2.33. The molecule has 1 nitrogen and oxygen atoms in total. The predicted octanol–water partition coefficient (Wildman–Crippen LogP) is 12.4. The Morgan fingerprint density at radius 1 is 0.417 bits per heavy atom. The third-order valence-corrected chi connectivity index (χ3v) is 10.8. The third-order valence-electron chi connectivity index (χ3n) is 10.8. The summed E-state index contributed by atoms with van der Waals surface area (Å²) in [5.41, 5.74) is 16.4. The molecule has 8 aromatic carbocycles. The fourth-order valence-corrected chi connectivity index (χ4v) is 8.89. The molecule has 0 saturated carbocycles. The third kappa shape index (κ3) is 3.56. The molecule has 0 fully saturated rings. The summed E-state index contributed by atoms with van der Waals surface area (Å²) in [6.07, 6.45) is 0. The number of anilines is 3. The lowest BCUT2D eigenvalue weighted by molar-refractivity contribution is 0.795. The van der Waals surface area contributed by atoms with Crippen molar-refractivity contribution in [3.05, 3.63) is 197 Å². The number of aryl methyl sites for hydroxylation is 2. The summed E-state index contributed by atoms with van der Waals surface area (Å²) in [6, 6.07) is 61.2. The van der Waals surface area contributed by atoms with Crippen LogP contribution in [0.2, 0.25) is 0 Å². The van der Waals surface area contributed by atoms with Crippen LogP contribution >= 0.6 is 0 Å². The van der Waals surface area contributed by atoms with Crippen molar-refractivity contribution >= 4 is 38.6 Å². The predicted molar refractivity (Wildman–Crippen MR) is 202 cm³/mol. The van der Waals surface area contributed by atoms with Gasteiger partial charge in [0.2, 0.25) is 0 Å². The van der Waals surface area contributed by atoms with E-state index in [9.17, 15) is 0 Å². The zero-order valence-electron chi connectivity index (χ0n) is 27.0. The van der Waals surface area contributed by atoms with Crippen molar-refractivity contribution in [2.24, 2.45) is 0 Å². The van der Waals surface area contributed by atoms with E-state index in [0.717, 1.165) is 5.69 Å². The van der Waals surface area contributed by atoms with Gasteiger partial charge in [0.25, 0.3) is 0 Å². The molecule has 0 amide bonds. The molecule has 10 rings (SSSR count). The van der Waals surface area contributed by atoms with Crippen molar-refractivity contribution in [2.75, 3.05) is 4.90 Å². The molecule has 48 heavy (non-hydrogen) atoms. The van der Waals surface area contributed by atoms with Gasteiger partial charge < -0.3 is 4.90 Å². The molecule has 2 aliphatic carbocycles. The van der Waals surface area contributed by atoms with Crippen molar-refractivity contribution in [1.82, 2.24) is 0 Å². The number of para-hydroxylation sites is 1. The molecule has 0 unspecified atom stereocenters. The number of fused-ring (bicyclic) bond motifs is 13. The van der Waals surface area contributed by atoms with Gasteiger partial charge in [0.15, 0.2) is 0 Å². The standard InChI is InChI=1S/C47H33N/c1-30-24-25-44(31(2)26-30)48(34-16-4-3-5-17-34)45-29-43-46(38-21-9-8-20-37(38)45)39-27-32-14-6-7-15-33(32)28-42(39)47(43)40-22-12-10-18-35(40)36-19-11-13-23-41(36)47/h3-29H,1-2H3. The Balaban J connectivity index is 1.41. The van der Waals surface area contributed by atoms with E-state index in [-0.39, 0.29) is 0 Å². The van der Waals surface area contributed by atoms with Crippen molar-refractivity contribution in [3.63, 3.8) is 0 Å². The molecule has 0 heterocycles. The van der Waals surface area contributed by atoms with Crippen molar-refractivity contribution < 1.29 is 0 Å². The zero-order valence-corrected chi connectivity index (χ0v) is 27.0. The highest BCUT2D eigenvalue weighted by molar-refractivity contribution is 6.13. The second-order valence-electron chi connectivity index (χ2n) is 13.4. The molecule has 2 aliphatic rings. The first kappa shape index (κ1) is 27.2. The molecule has 0 saturated heterocycles. The number of nitrogens with zero attached hydrogens (tertiary/aromatic N) is 1. The zero-order chi connectivity index (χ0) is 32.0. The van der Waals surface area contributed by atoms with Crippen LogP contribution in [0.5, 0.6) is 0 Å². The lowest BCUT2D eigenvalue weighted by Crippen LogP contribution is -2.26. The Morgan fingerprint density at radius 3 is 1.73 bits per heavy atom. The summed E-state index contributed by atoms with van der Waals surface area (Å²) in [5.74, 6) is 0. The summed E-state index contributed by atoms with van der Waals surface area (Å²) in [7, 11) is 0. The maximum Gasteiger partial charge on any atom is 0.0726 e. The van der Waals surface area contributed by atoms with E-state index in [0.29, 0.717) is 0 Å². The highest BCUT2D eigenvalue weighted by atomic mass is 15.1. The molecule has 226 valence electrons. The van der Waals surface area contributed by atoms with Gasteiger partial charge in [-0.15, -0.1) is 0 Å². The van der Waals surface area contributed by atoms with Crippen LogP contribution in [0.25, 0.3) is 43.8 Å². The Bertz CT molecular complexity index is 2550. The first-order valence-corrected chi connectivity index (χ1v) is 16.9. The smallest absolute Gasteiger partial charge is 0.0726 e. The van der Waals surface area contributed by atoms with Crippen LogP contribution in [0.3, 0.4) is 0 Å². The van der Waals surface area contributed by atoms with E-state index in [1.54, 1.807) is 0 Å². The van der Waals surface area contributed by atoms with Crippen LogP contribution in [0, 0.1) is 13.8 Å². The minimum atomic E-state index is -0.453. The van der Waals surface area contributed by atoms with Crippen LogP contribution in [0.4, 0.5) is 17.1 Å². The summed E-state index contributed by atoms with van der Waals surface area (Å²) in [4.78, 5) is 2.48. The largest absolute Gasteiger partial charge is 0.310 e. The maximum absolute atomic E-state index is 2.54. The van der Waals surface area contributed by atoms with Gasteiger partial charge in [0.1, 0.15) is 0 Å². The molecule has 8 aromatic rings. The number of hydrogen-bond donors (Lipinski definition) is 0. The van der Waals surface area contributed by atoms with E-state index in [2.05, 4.69) is 183 Å². The van der Waals surface area contributed by atoms with E-state index in [4.69, 9.17) is 0 Å². The van der Waals surface area contributed by atoms with Gasteiger partial charge in [-0.3, -0.25) is 0 Å². The maximum atomic E-state index is 2.54. The first-order chi connectivity index (χ1) is 23.6. The molecule has 1 heteroatoms. The van der Waals surface area contributed by atoms with Gasteiger partial charge in [0, 0.05) is 16.8 Å². The van der Waals surface area contributed by atoms with Gasteiger partial charge in [-0.05, 0) is 116 Å². The Kier molecular flexibility index (Phi) is 5.69. The summed E-state index contributed by atoms with van der Waals surface area (Å²) >= 11 is 0. The van der Waals surface area contributed by atoms with E-state index < -0.39 is 5.41 Å². The highest BCUT2D eigenvalue weighted by Gasteiger charge is 2.52. The Hall–Kier alpha value is -5.92. The lowest BCUT2D eigenvalue weighted by atomic mass is 9.70. The minimum absolute atomic E-state index is 0.453. The number of hydrogen-bond acceptors (Lipinski definition) is 1. The Morgan fingerprint density at radius 2 is 1.02 bits per heavy atom. The van der Waals surface area contributed by atoms with Gasteiger partial charge in [-0.2, -0.15) is 0 Å². The van der Waals surface area contributed by atoms with Crippen LogP contribution in [0.1, 0.15) is 33.4 Å². The molecular formula is C47H33N. The molecule has 0 radical (unpaired) electrons. The molecule has 0 aliphatic heterocycles. The summed E-state index contributed by atoms with van der Waals surface area (Å²) in [5, 5.41) is 5.07. The quantitative estimate of drug-likeness (QED) is 0.192. The van der Waals surface area contributed by atoms with Crippen LogP contribution in [-0.4, -0.2) is 0 Å². The first-order valence-electron chi connectivity index (χ1n) is 16.9. The van der Waals surface area contributed by atoms with E-state index >= 15 is 0 Å². The topological polar surface area (TPSA) is 3.24 Å². The van der Waals surface area contributed by atoms with Crippen LogP contribution in [-0.2, 0) is 5.41 Å². The monoisotopic (exact) mass is 611 g/mol. The van der Waals surface area contributed by atoms with Crippen molar-refractivity contribution in [2.45, 2.75) is 19.3 Å². The molecule has 0 bridgehead atoms.